The summed E-state index contributed by atoms with van der Waals surface area (Å²) >= 11 is 6.48. The molecular weight excluding hydrogens is 479 g/mol. The minimum absolute atomic E-state index is 0.0612. The number of carbonyl (C=O) groups excluding carboxylic acids is 1. The predicted molar refractivity (Wildman–Crippen MR) is 139 cm³/mol. The standard InChI is InChI=1S/C28H32ClFN4O2/c1-27(2,3)20-9-7-8-19(15-20)23-32-24(34-26(36)33-23)21-14-18(10-11-22(21)29)16-31-25(35)28(17-30)12-5-4-6-13-28/h7-11,14-15H,4-6,12-13,16-17H2,1-3H3,(H,31,35)(H,32,33,34,36). The fourth-order valence-electron chi connectivity index (χ4n) is 4.61. The van der Waals surface area contributed by atoms with Crippen LogP contribution >= 0.6 is 11.6 Å². The monoisotopic (exact) mass is 510 g/mol. The molecule has 0 aliphatic heterocycles. The van der Waals surface area contributed by atoms with Gasteiger partial charge in [-0.3, -0.25) is 4.79 Å². The number of aromatic hydroxyl groups is 1. The molecule has 0 radical (unpaired) electrons. The molecule has 1 aliphatic rings. The van der Waals surface area contributed by atoms with Crippen molar-refractivity contribution in [3.05, 3.63) is 58.6 Å². The molecule has 2 aromatic carbocycles. The first-order valence-electron chi connectivity index (χ1n) is 12.3. The van der Waals surface area contributed by atoms with E-state index in [0.717, 1.165) is 36.0 Å². The fraction of sp³-hybridized carbons (Fsp3) is 0.429. The first-order chi connectivity index (χ1) is 17.1. The van der Waals surface area contributed by atoms with Gasteiger partial charge in [-0.05, 0) is 47.6 Å². The molecule has 2 N–H and O–H groups in total. The van der Waals surface area contributed by atoms with Crippen LogP contribution in [0.1, 0.15) is 64.0 Å². The lowest BCUT2D eigenvalue weighted by Gasteiger charge is -2.33. The van der Waals surface area contributed by atoms with E-state index in [2.05, 4.69) is 41.0 Å². The van der Waals surface area contributed by atoms with Crippen LogP contribution in [0.25, 0.3) is 22.8 Å². The summed E-state index contributed by atoms with van der Waals surface area (Å²) in [5.41, 5.74) is 2.15. The van der Waals surface area contributed by atoms with Gasteiger partial charge in [0.1, 0.15) is 6.67 Å². The van der Waals surface area contributed by atoms with Crippen LogP contribution in [0.15, 0.2) is 42.5 Å². The number of nitrogens with one attached hydrogen (secondary N) is 1. The molecule has 36 heavy (non-hydrogen) atoms. The van der Waals surface area contributed by atoms with Gasteiger partial charge in [0.25, 0.3) is 0 Å². The largest absolute Gasteiger partial charge is 0.479 e. The Hall–Kier alpha value is -3.06. The fourth-order valence-corrected chi connectivity index (χ4v) is 4.81. The summed E-state index contributed by atoms with van der Waals surface area (Å²) in [5, 5.41) is 13.6. The Morgan fingerprint density at radius 2 is 1.78 bits per heavy atom. The zero-order valence-electron chi connectivity index (χ0n) is 20.9. The van der Waals surface area contributed by atoms with Crippen LogP contribution in [0.4, 0.5) is 4.39 Å². The number of halogens is 2. The first-order valence-corrected chi connectivity index (χ1v) is 12.7. The Labute approximate surface area is 216 Å². The van der Waals surface area contributed by atoms with Gasteiger partial charge in [-0.2, -0.15) is 9.97 Å². The van der Waals surface area contributed by atoms with Gasteiger partial charge < -0.3 is 10.4 Å². The molecule has 0 spiro atoms. The molecule has 1 saturated carbocycles. The second kappa shape index (κ2) is 10.5. The lowest BCUT2D eigenvalue weighted by molar-refractivity contribution is -0.134. The molecule has 190 valence electrons. The Balaban J connectivity index is 1.60. The number of alkyl halides is 1. The van der Waals surface area contributed by atoms with Gasteiger partial charge in [-0.25, -0.2) is 9.37 Å². The molecule has 1 fully saturated rings. The number of amides is 1. The number of hydrogen-bond donors (Lipinski definition) is 2. The Morgan fingerprint density at radius 1 is 1.06 bits per heavy atom. The Kier molecular flexibility index (Phi) is 7.59. The van der Waals surface area contributed by atoms with Crippen LogP contribution in [0.2, 0.25) is 5.02 Å². The molecule has 4 rings (SSSR count). The van der Waals surface area contributed by atoms with Crippen LogP contribution in [0.3, 0.4) is 0 Å². The number of benzene rings is 2. The van der Waals surface area contributed by atoms with E-state index >= 15 is 0 Å². The van der Waals surface area contributed by atoms with Crippen molar-refractivity contribution in [1.29, 1.82) is 0 Å². The number of aromatic nitrogens is 3. The molecule has 0 unspecified atom stereocenters. The van der Waals surface area contributed by atoms with Crippen molar-refractivity contribution in [3.8, 4) is 28.8 Å². The highest BCUT2D eigenvalue weighted by molar-refractivity contribution is 6.33. The smallest absolute Gasteiger partial charge is 0.318 e. The van der Waals surface area contributed by atoms with E-state index in [1.807, 2.05) is 24.3 Å². The SMILES string of the molecule is CC(C)(C)c1cccc(-c2nc(O)nc(-c3cc(CNC(=O)C4(CF)CCCCC4)ccc3Cl)n2)c1. The third kappa shape index (κ3) is 5.67. The zero-order chi connectivity index (χ0) is 25.9. The minimum atomic E-state index is -0.927. The predicted octanol–water partition coefficient (Wildman–Crippen LogP) is 6.40. The summed E-state index contributed by atoms with van der Waals surface area (Å²) in [4.78, 5) is 25.7. The molecular formula is C28H32ClFN4O2. The van der Waals surface area contributed by atoms with Crippen LogP contribution in [0, 0.1) is 5.41 Å². The van der Waals surface area contributed by atoms with Crippen LogP contribution < -0.4 is 5.32 Å². The molecule has 1 aromatic heterocycles. The van der Waals surface area contributed by atoms with Crippen molar-refractivity contribution in [3.63, 3.8) is 0 Å². The average Bonchev–Trinajstić information content (AvgIpc) is 2.87. The van der Waals surface area contributed by atoms with Gasteiger partial charge in [0, 0.05) is 17.7 Å². The number of nitrogens with zero attached hydrogens (tertiary/aromatic N) is 3. The summed E-state index contributed by atoms with van der Waals surface area (Å²) in [6, 6.07) is 12.7. The van der Waals surface area contributed by atoms with Crippen LogP contribution in [-0.2, 0) is 16.8 Å². The maximum absolute atomic E-state index is 13.8. The number of carbonyl (C=O) groups is 1. The van der Waals surface area contributed by atoms with E-state index in [1.54, 1.807) is 18.2 Å². The normalized spacial score (nSPS) is 15.5. The lowest BCUT2D eigenvalue weighted by Crippen LogP contribution is -2.43. The molecule has 6 nitrogen and oxygen atoms in total. The second-order valence-corrected chi connectivity index (χ2v) is 11.0. The Bertz CT molecular complexity index is 1250. The zero-order valence-corrected chi connectivity index (χ0v) is 21.7. The van der Waals surface area contributed by atoms with E-state index < -0.39 is 18.1 Å². The van der Waals surface area contributed by atoms with Crippen molar-refractivity contribution in [2.24, 2.45) is 5.41 Å². The highest BCUT2D eigenvalue weighted by atomic mass is 35.5. The summed E-state index contributed by atoms with van der Waals surface area (Å²) in [6.07, 6.45) is 3.92. The number of rotatable bonds is 6. The summed E-state index contributed by atoms with van der Waals surface area (Å²) in [5.74, 6) is 0.310. The van der Waals surface area contributed by atoms with Crippen LogP contribution in [-0.4, -0.2) is 32.6 Å². The van der Waals surface area contributed by atoms with E-state index in [9.17, 15) is 14.3 Å². The molecule has 0 atom stereocenters. The third-order valence-corrected chi connectivity index (χ3v) is 7.21. The summed E-state index contributed by atoms with van der Waals surface area (Å²) < 4.78 is 13.8. The van der Waals surface area contributed by atoms with Gasteiger partial charge in [0.15, 0.2) is 11.6 Å². The third-order valence-electron chi connectivity index (χ3n) is 6.88. The van der Waals surface area contributed by atoms with E-state index in [4.69, 9.17) is 11.6 Å². The summed E-state index contributed by atoms with van der Waals surface area (Å²) in [6.45, 7) is 5.94. The minimum Gasteiger partial charge on any atom is -0.479 e. The highest BCUT2D eigenvalue weighted by Gasteiger charge is 2.39. The molecule has 0 saturated heterocycles. The molecule has 8 heteroatoms. The molecule has 3 aromatic rings. The van der Waals surface area contributed by atoms with Gasteiger partial charge in [-0.15, -0.1) is 0 Å². The molecule has 1 amide bonds. The van der Waals surface area contributed by atoms with Gasteiger partial charge in [0.05, 0.1) is 10.4 Å². The Morgan fingerprint density at radius 3 is 2.47 bits per heavy atom. The number of hydrogen-bond acceptors (Lipinski definition) is 5. The average molecular weight is 511 g/mol. The topological polar surface area (TPSA) is 88.0 Å². The van der Waals surface area contributed by atoms with Crippen molar-refractivity contribution < 1.29 is 14.3 Å². The molecule has 0 bridgehead atoms. The van der Waals surface area contributed by atoms with Gasteiger partial charge in [0.2, 0.25) is 5.91 Å². The maximum atomic E-state index is 13.8. The van der Waals surface area contributed by atoms with E-state index in [-0.39, 0.29) is 23.7 Å². The van der Waals surface area contributed by atoms with Crippen molar-refractivity contribution >= 4 is 17.5 Å². The maximum Gasteiger partial charge on any atom is 0.318 e. The second-order valence-electron chi connectivity index (χ2n) is 10.6. The van der Waals surface area contributed by atoms with Crippen molar-refractivity contribution in [2.45, 2.75) is 64.8 Å². The first kappa shape index (κ1) is 26.0. The highest BCUT2D eigenvalue weighted by Crippen LogP contribution is 2.37. The molecule has 1 heterocycles. The van der Waals surface area contributed by atoms with E-state index in [1.165, 1.54) is 0 Å². The van der Waals surface area contributed by atoms with Gasteiger partial charge in [-0.1, -0.05) is 75.9 Å². The quantitative estimate of drug-likeness (QED) is 0.400. The van der Waals surface area contributed by atoms with Gasteiger partial charge >= 0.3 is 6.01 Å². The lowest BCUT2D eigenvalue weighted by atomic mass is 9.74. The summed E-state index contributed by atoms with van der Waals surface area (Å²) in [7, 11) is 0. The van der Waals surface area contributed by atoms with Crippen molar-refractivity contribution in [2.75, 3.05) is 6.67 Å². The van der Waals surface area contributed by atoms with E-state index in [0.29, 0.717) is 29.3 Å². The molecule has 1 aliphatic carbocycles. The van der Waals surface area contributed by atoms with Crippen LogP contribution in [0.5, 0.6) is 6.01 Å². The van der Waals surface area contributed by atoms with Crippen molar-refractivity contribution in [1.82, 2.24) is 20.3 Å².